The smallest absolute Gasteiger partial charge is 0.307 e. The third-order valence-electron chi connectivity index (χ3n) is 2.96. The summed E-state index contributed by atoms with van der Waals surface area (Å²) in [6, 6.07) is 6.04. The number of nitrogens with zero attached hydrogens (tertiary/aromatic N) is 1. The number of halogens is 1. The average molecular weight is 421 g/mol. The summed E-state index contributed by atoms with van der Waals surface area (Å²) in [5.41, 5.74) is 2.19. The van der Waals surface area contributed by atoms with Crippen molar-refractivity contribution in [2.24, 2.45) is 4.99 Å². The Morgan fingerprint density at radius 1 is 1.27 bits per heavy atom. The van der Waals surface area contributed by atoms with Crippen molar-refractivity contribution in [1.29, 1.82) is 0 Å². The minimum absolute atomic E-state index is 0. The van der Waals surface area contributed by atoms with Gasteiger partial charge in [0, 0.05) is 25.7 Å². The van der Waals surface area contributed by atoms with E-state index in [4.69, 9.17) is 4.74 Å². The number of carbonyl (C=O) groups excluding carboxylic acids is 1. The number of rotatable bonds is 6. The number of hydrogen-bond donors (Lipinski definition) is 2. The number of carbonyl (C=O) groups is 1. The first-order valence-electron chi connectivity index (χ1n) is 6.75. The zero-order valence-corrected chi connectivity index (χ0v) is 15.8. The average Bonchev–Trinajstić information content (AvgIpc) is 2.51. The van der Waals surface area contributed by atoms with Gasteiger partial charge in [-0.3, -0.25) is 9.79 Å². The predicted octanol–water partition coefficient (Wildman–Crippen LogP) is 1.85. The third-order valence-corrected chi connectivity index (χ3v) is 2.96. The number of ether oxygens (including phenoxy) is 2. The summed E-state index contributed by atoms with van der Waals surface area (Å²) >= 11 is 0. The highest BCUT2D eigenvalue weighted by Gasteiger charge is 2.05. The van der Waals surface area contributed by atoms with E-state index in [1.165, 1.54) is 7.11 Å². The molecule has 7 heteroatoms. The van der Waals surface area contributed by atoms with Crippen molar-refractivity contribution in [3.05, 3.63) is 29.3 Å². The monoisotopic (exact) mass is 421 g/mol. The molecule has 0 atom stereocenters. The molecule has 124 valence electrons. The minimum Gasteiger partial charge on any atom is -0.496 e. The highest BCUT2D eigenvalue weighted by molar-refractivity contribution is 14.0. The highest BCUT2D eigenvalue weighted by atomic mass is 127. The molecule has 0 bridgehead atoms. The van der Waals surface area contributed by atoms with Crippen molar-refractivity contribution < 1.29 is 14.3 Å². The SMILES string of the molecule is CN=C(NCCC(=O)OC)NCc1ccc(C)cc1OC.I. The zero-order chi connectivity index (χ0) is 15.7. The van der Waals surface area contributed by atoms with Gasteiger partial charge < -0.3 is 20.1 Å². The fourth-order valence-electron chi connectivity index (χ4n) is 1.78. The van der Waals surface area contributed by atoms with Crippen molar-refractivity contribution in [3.63, 3.8) is 0 Å². The second-order valence-corrected chi connectivity index (χ2v) is 4.49. The lowest BCUT2D eigenvalue weighted by molar-refractivity contribution is -0.140. The molecule has 0 aliphatic carbocycles. The van der Waals surface area contributed by atoms with Gasteiger partial charge in [-0.05, 0) is 18.6 Å². The Hall–Kier alpha value is -1.51. The van der Waals surface area contributed by atoms with Crippen molar-refractivity contribution in [2.75, 3.05) is 27.8 Å². The molecule has 0 spiro atoms. The molecule has 1 aromatic rings. The van der Waals surface area contributed by atoms with Crippen LogP contribution in [0.3, 0.4) is 0 Å². The summed E-state index contributed by atoms with van der Waals surface area (Å²) in [7, 11) is 4.71. The molecular weight excluding hydrogens is 397 g/mol. The van der Waals surface area contributed by atoms with Crippen LogP contribution < -0.4 is 15.4 Å². The summed E-state index contributed by atoms with van der Waals surface area (Å²) in [6.07, 6.45) is 0.297. The van der Waals surface area contributed by atoms with Crippen LogP contribution >= 0.6 is 24.0 Å². The lowest BCUT2D eigenvalue weighted by Gasteiger charge is -2.14. The molecule has 0 aliphatic heterocycles. The number of nitrogens with one attached hydrogen (secondary N) is 2. The summed E-state index contributed by atoms with van der Waals surface area (Å²) in [6.45, 7) is 3.08. The van der Waals surface area contributed by atoms with Gasteiger partial charge in [0.05, 0.1) is 20.6 Å². The molecule has 1 aromatic carbocycles. The van der Waals surface area contributed by atoms with Crippen LogP contribution in [0.25, 0.3) is 0 Å². The van der Waals surface area contributed by atoms with Crippen molar-refractivity contribution in [2.45, 2.75) is 19.9 Å². The van der Waals surface area contributed by atoms with Gasteiger partial charge in [0.1, 0.15) is 5.75 Å². The van der Waals surface area contributed by atoms with Crippen LogP contribution in [0.2, 0.25) is 0 Å². The van der Waals surface area contributed by atoms with Crippen LogP contribution in [0.1, 0.15) is 17.5 Å². The number of esters is 1. The van der Waals surface area contributed by atoms with Crippen LogP contribution in [0.4, 0.5) is 0 Å². The summed E-state index contributed by atoms with van der Waals surface area (Å²) in [5, 5.41) is 6.23. The highest BCUT2D eigenvalue weighted by Crippen LogP contribution is 2.19. The fourth-order valence-corrected chi connectivity index (χ4v) is 1.78. The zero-order valence-electron chi connectivity index (χ0n) is 13.4. The Morgan fingerprint density at radius 3 is 2.59 bits per heavy atom. The van der Waals surface area contributed by atoms with Gasteiger partial charge in [-0.25, -0.2) is 0 Å². The molecule has 0 unspecified atom stereocenters. The Morgan fingerprint density at radius 2 is 2.00 bits per heavy atom. The topological polar surface area (TPSA) is 72.0 Å². The Bertz CT molecular complexity index is 507. The summed E-state index contributed by atoms with van der Waals surface area (Å²) in [4.78, 5) is 15.1. The van der Waals surface area contributed by atoms with Crippen molar-refractivity contribution in [3.8, 4) is 5.75 Å². The fraction of sp³-hybridized carbons (Fsp3) is 0.467. The molecule has 0 amide bonds. The normalized spacial score (nSPS) is 10.5. The first-order chi connectivity index (χ1) is 10.1. The maximum Gasteiger partial charge on any atom is 0.307 e. The number of aryl methyl sites for hydroxylation is 1. The van der Waals surface area contributed by atoms with Gasteiger partial charge in [0.25, 0.3) is 0 Å². The van der Waals surface area contributed by atoms with Crippen LogP contribution in [-0.4, -0.2) is 39.7 Å². The molecule has 0 aromatic heterocycles. The van der Waals surface area contributed by atoms with Gasteiger partial charge in [0.15, 0.2) is 5.96 Å². The van der Waals surface area contributed by atoms with Gasteiger partial charge in [0.2, 0.25) is 0 Å². The molecule has 0 heterocycles. The van der Waals surface area contributed by atoms with E-state index >= 15 is 0 Å². The maximum atomic E-state index is 11.0. The first kappa shape index (κ1) is 20.5. The lowest BCUT2D eigenvalue weighted by atomic mass is 10.1. The van der Waals surface area contributed by atoms with Crippen LogP contribution in [0.5, 0.6) is 5.75 Å². The summed E-state index contributed by atoms with van der Waals surface area (Å²) < 4.78 is 9.94. The number of benzene rings is 1. The molecule has 6 nitrogen and oxygen atoms in total. The molecule has 22 heavy (non-hydrogen) atoms. The number of aliphatic imine (C=N–C) groups is 1. The molecule has 0 aliphatic rings. The van der Waals surface area contributed by atoms with E-state index in [9.17, 15) is 4.79 Å². The van der Waals surface area contributed by atoms with Crippen LogP contribution in [-0.2, 0) is 16.1 Å². The second kappa shape index (κ2) is 11.1. The van der Waals surface area contributed by atoms with Gasteiger partial charge in [-0.15, -0.1) is 24.0 Å². The van der Waals surface area contributed by atoms with Crippen molar-refractivity contribution >= 4 is 35.9 Å². The van der Waals surface area contributed by atoms with E-state index in [1.807, 2.05) is 25.1 Å². The summed E-state index contributed by atoms with van der Waals surface area (Å²) in [5.74, 6) is 1.22. The maximum absolute atomic E-state index is 11.0. The van der Waals surface area contributed by atoms with E-state index in [2.05, 4.69) is 20.4 Å². The number of methoxy groups -OCH3 is 2. The van der Waals surface area contributed by atoms with E-state index in [0.29, 0.717) is 25.5 Å². The molecule has 2 N–H and O–H groups in total. The van der Waals surface area contributed by atoms with Gasteiger partial charge in [-0.2, -0.15) is 0 Å². The standard InChI is InChI=1S/C15H23N3O3.HI/c1-11-5-6-12(13(9-11)20-3)10-18-15(16-2)17-8-7-14(19)21-4;/h5-6,9H,7-8,10H2,1-4H3,(H2,16,17,18);1H. The first-order valence-corrected chi connectivity index (χ1v) is 6.75. The second-order valence-electron chi connectivity index (χ2n) is 4.49. The van der Waals surface area contributed by atoms with Crippen LogP contribution in [0.15, 0.2) is 23.2 Å². The molecule has 0 radical (unpaired) electrons. The minimum atomic E-state index is -0.252. The largest absolute Gasteiger partial charge is 0.496 e. The van der Waals surface area contributed by atoms with E-state index in [-0.39, 0.29) is 29.9 Å². The lowest BCUT2D eigenvalue weighted by Crippen LogP contribution is -2.38. The predicted molar refractivity (Wildman–Crippen MR) is 98.0 cm³/mol. The van der Waals surface area contributed by atoms with E-state index in [0.717, 1.165) is 16.9 Å². The van der Waals surface area contributed by atoms with Gasteiger partial charge in [-0.1, -0.05) is 12.1 Å². The Balaban J connectivity index is 0.00000441. The number of guanidine groups is 1. The quantitative estimate of drug-likeness (QED) is 0.318. The molecule has 0 saturated heterocycles. The van der Waals surface area contributed by atoms with Crippen molar-refractivity contribution in [1.82, 2.24) is 10.6 Å². The molecular formula is C15H24IN3O3. The number of hydrogen-bond acceptors (Lipinski definition) is 4. The van der Waals surface area contributed by atoms with E-state index < -0.39 is 0 Å². The Kier molecular flexibility index (Phi) is 10.3. The van der Waals surface area contributed by atoms with Crippen LogP contribution in [0, 0.1) is 6.92 Å². The molecule has 1 rings (SSSR count). The van der Waals surface area contributed by atoms with Gasteiger partial charge >= 0.3 is 5.97 Å². The third kappa shape index (κ3) is 6.97. The molecule has 0 fully saturated rings. The molecule has 0 saturated carbocycles. The Labute approximate surface area is 148 Å². The van der Waals surface area contributed by atoms with E-state index in [1.54, 1.807) is 14.2 Å².